The molecule has 20 heavy (non-hydrogen) atoms. The van der Waals surface area contributed by atoms with E-state index in [0.717, 1.165) is 0 Å². The van der Waals surface area contributed by atoms with Crippen LogP contribution in [0.4, 0.5) is 13.2 Å². The molecule has 7 heteroatoms. The maximum absolute atomic E-state index is 12.6. The molecule has 0 aliphatic carbocycles. The third-order valence-corrected chi connectivity index (χ3v) is 2.78. The van der Waals surface area contributed by atoms with Crippen molar-refractivity contribution in [2.45, 2.75) is 19.2 Å². The maximum Gasteiger partial charge on any atom is 0.426 e. The number of fused-ring (bicyclic) bond motifs is 1. The van der Waals surface area contributed by atoms with Gasteiger partial charge in [-0.3, -0.25) is 0 Å². The molecule has 2 N–H and O–H groups in total. The molecule has 1 unspecified atom stereocenters. The Morgan fingerprint density at radius 1 is 1.35 bits per heavy atom. The number of hydrogen-bond donors (Lipinski definition) is 1. The van der Waals surface area contributed by atoms with Crippen LogP contribution >= 0.6 is 0 Å². The van der Waals surface area contributed by atoms with Crippen LogP contribution in [0.5, 0.6) is 5.75 Å². The minimum atomic E-state index is -4.56. The molecule has 0 aliphatic heterocycles. The van der Waals surface area contributed by atoms with Gasteiger partial charge in [-0.25, -0.2) is 4.79 Å². The van der Waals surface area contributed by atoms with Crippen LogP contribution in [-0.2, 0) is 0 Å². The average Bonchev–Trinajstić information content (AvgIpc) is 2.33. The van der Waals surface area contributed by atoms with E-state index in [1.54, 1.807) is 6.92 Å². The molecule has 2 aromatic rings. The minimum absolute atomic E-state index is 0.0565. The average molecular weight is 287 g/mol. The van der Waals surface area contributed by atoms with Crippen molar-refractivity contribution in [1.82, 2.24) is 0 Å². The van der Waals surface area contributed by atoms with Crippen molar-refractivity contribution in [3.8, 4) is 5.75 Å². The van der Waals surface area contributed by atoms with Crippen LogP contribution in [0.25, 0.3) is 11.0 Å². The summed E-state index contributed by atoms with van der Waals surface area (Å²) < 4.78 is 47.4. The topological polar surface area (TPSA) is 65.5 Å². The summed E-state index contributed by atoms with van der Waals surface area (Å²) in [6.45, 7) is 1.01. The van der Waals surface area contributed by atoms with Gasteiger partial charge in [0.05, 0.1) is 0 Å². The molecular formula is C13H12F3NO3. The monoisotopic (exact) mass is 287 g/mol. The van der Waals surface area contributed by atoms with Gasteiger partial charge in [-0.15, -0.1) is 0 Å². The molecule has 1 heterocycles. The Morgan fingerprint density at radius 3 is 2.65 bits per heavy atom. The van der Waals surface area contributed by atoms with Gasteiger partial charge in [0.25, 0.3) is 0 Å². The molecule has 1 atom stereocenters. The lowest BCUT2D eigenvalue weighted by molar-refractivity contribution is -0.191. The summed E-state index contributed by atoms with van der Waals surface area (Å²) in [6, 6.07) is 5.47. The van der Waals surface area contributed by atoms with Crippen molar-refractivity contribution in [3.05, 3.63) is 40.2 Å². The maximum atomic E-state index is 12.6. The molecular weight excluding hydrogens is 275 g/mol. The lowest BCUT2D eigenvalue weighted by Crippen LogP contribution is -2.40. The summed E-state index contributed by atoms with van der Waals surface area (Å²) in [5.74, 6) is -0.0565. The number of ether oxygens (including phenoxy) is 1. The molecule has 1 aromatic carbocycles. The fourth-order valence-electron chi connectivity index (χ4n) is 1.79. The van der Waals surface area contributed by atoms with E-state index in [1.807, 2.05) is 0 Å². The van der Waals surface area contributed by atoms with Crippen molar-refractivity contribution < 1.29 is 22.3 Å². The van der Waals surface area contributed by atoms with Gasteiger partial charge in [-0.1, -0.05) is 0 Å². The highest BCUT2D eigenvalue weighted by atomic mass is 19.4. The predicted molar refractivity (Wildman–Crippen MR) is 66.7 cm³/mol. The largest absolute Gasteiger partial charge is 0.479 e. The van der Waals surface area contributed by atoms with Gasteiger partial charge in [0, 0.05) is 24.1 Å². The van der Waals surface area contributed by atoms with E-state index in [2.05, 4.69) is 0 Å². The van der Waals surface area contributed by atoms with Crippen molar-refractivity contribution in [2.75, 3.05) is 6.54 Å². The number of nitrogens with two attached hydrogens (primary N) is 1. The van der Waals surface area contributed by atoms with Crippen molar-refractivity contribution in [1.29, 1.82) is 0 Å². The fraction of sp³-hybridized carbons (Fsp3) is 0.308. The molecule has 0 bridgehead atoms. The van der Waals surface area contributed by atoms with Crippen LogP contribution in [-0.4, -0.2) is 18.8 Å². The van der Waals surface area contributed by atoms with Crippen LogP contribution in [0.3, 0.4) is 0 Å². The fourth-order valence-corrected chi connectivity index (χ4v) is 1.79. The highest BCUT2D eigenvalue weighted by Crippen LogP contribution is 2.27. The Labute approximate surface area is 111 Å². The summed E-state index contributed by atoms with van der Waals surface area (Å²) in [5.41, 5.74) is 5.32. The minimum Gasteiger partial charge on any atom is -0.479 e. The van der Waals surface area contributed by atoms with Gasteiger partial charge in [0.15, 0.2) is 0 Å². The zero-order chi connectivity index (χ0) is 14.9. The molecule has 0 fully saturated rings. The smallest absolute Gasteiger partial charge is 0.426 e. The summed E-state index contributed by atoms with van der Waals surface area (Å²) >= 11 is 0. The SMILES string of the molecule is Cc1cc(=O)oc2cc(OC(CN)C(F)(F)F)ccc12. The van der Waals surface area contributed by atoms with Gasteiger partial charge in [-0.2, -0.15) is 13.2 Å². The number of alkyl halides is 3. The number of rotatable bonds is 3. The van der Waals surface area contributed by atoms with Crippen LogP contribution in [0.2, 0.25) is 0 Å². The van der Waals surface area contributed by atoms with Gasteiger partial charge < -0.3 is 14.9 Å². The summed E-state index contributed by atoms with van der Waals surface area (Å²) in [7, 11) is 0. The van der Waals surface area contributed by atoms with Crippen LogP contribution in [0.15, 0.2) is 33.5 Å². The third kappa shape index (κ3) is 2.93. The van der Waals surface area contributed by atoms with Crippen LogP contribution < -0.4 is 16.1 Å². The first-order chi connectivity index (χ1) is 9.31. The molecule has 4 nitrogen and oxygen atoms in total. The van der Waals surface area contributed by atoms with Crippen LogP contribution in [0, 0.1) is 6.92 Å². The number of aryl methyl sites for hydroxylation is 1. The van der Waals surface area contributed by atoms with Crippen LogP contribution in [0.1, 0.15) is 5.56 Å². The highest BCUT2D eigenvalue weighted by molar-refractivity contribution is 5.81. The van der Waals surface area contributed by atoms with E-state index >= 15 is 0 Å². The Kier molecular flexibility index (Phi) is 3.71. The second kappa shape index (κ2) is 5.16. The molecule has 0 radical (unpaired) electrons. The van der Waals surface area contributed by atoms with Gasteiger partial charge in [0.2, 0.25) is 6.10 Å². The van der Waals surface area contributed by atoms with Gasteiger partial charge in [-0.05, 0) is 24.6 Å². The Morgan fingerprint density at radius 2 is 2.05 bits per heavy atom. The molecule has 0 amide bonds. The normalized spacial score (nSPS) is 13.4. The van der Waals surface area contributed by atoms with E-state index in [4.69, 9.17) is 14.9 Å². The standard InChI is InChI=1S/C13H12F3NO3/c1-7-4-12(18)20-10-5-8(2-3-9(7)10)19-11(6-17)13(14,15)16/h2-5,11H,6,17H2,1H3. The quantitative estimate of drug-likeness (QED) is 0.880. The molecule has 0 spiro atoms. The molecule has 0 aliphatic rings. The molecule has 0 saturated heterocycles. The lowest BCUT2D eigenvalue weighted by atomic mass is 10.1. The van der Waals surface area contributed by atoms with Crippen molar-refractivity contribution in [2.24, 2.45) is 5.73 Å². The Balaban J connectivity index is 2.39. The first-order valence-corrected chi connectivity index (χ1v) is 5.79. The zero-order valence-electron chi connectivity index (χ0n) is 10.5. The first-order valence-electron chi connectivity index (χ1n) is 5.79. The van der Waals surface area contributed by atoms with Gasteiger partial charge >= 0.3 is 11.8 Å². The zero-order valence-corrected chi connectivity index (χ0v) is 10.5. The lowest BCUT2D eigenvalue weighted by Gasteiger charge is -2.20. The van der Waals surface area contributed by atoms with Crippen molar-refractivity contribution in [3.63, 3.8) is 0 Å². The molecule has 108 valence electrons. The Hall–Kier alpha value is -2.02. The van der Waals surface area contributed by atoms with Gasteiger partial charge in [0.1, 0.15) is 11.3 Å². The van der Waals surface area contributed by atoms with E-state index in [9.17, 15) is 18.0 Å². The summed E-state index contributed by atoms with van der Waals surface area (Å²) in [6.07, 6.45) is -6.66. The van der Waals surface area contributed by atoms with E-state index in [0.29, 0.717) is 10.9 Å². The van der Waals surface area contributed by atoms with E-state index in [1.165, 1.54) is 24.3 Å². The molecule has 1 aromatic heterocycles. The number of benzene rings is 1. The molecule has 2 rings (SSSR count). The summed E-state index contributed by atoms with van der Waals surface area (Å²) in [5, 5.41) is 0.633. The summed E-state index contributed by atoms with van der Waals surface area (Å²) in [4.78, 5) is 11.2. The molecule has 0 saturated carbocycles. The van der Waals surface area contributed by atoms with E-state index < -0.39 is 24.5 Å². The third-order valence-electron chi connectivity index (χ3n) is 2.78. The highest BCUT2D eigenvalue weighted by Gasteiger charge is 2.40. The second-order valence-electron chi connectivity index (χ2n) is 4.29. The van der Waals surface area contributed by atoms with Crippen molar-refractivity contribution >= 4 is 11.0 Å². The predicted octanol–water partition coefficient (Wildman–Crippen LogP) is 2.37. The van der Waals surface area contributed by atoms with E-state index in [-0.39, 0.29) is 11.3 Å². The number of halogens is 3. The number of hydrogen-bond acceptors (Lipinski definition) is 4. The first kappa shape index (κ1) is 14.4. The Bertz CT molecular complexity index is 679. The second-order valence-corrected chi connectivity index (χ2v) is 4.29.